The van der Waals surface area contributed by atoms with E-state index in [0.29, 0.717) is 13.1 Å². The fourth-order valence-corrected chi connectivity index (χ4v) is 10.4. The smallest absolute Gasteiger partial charge is 0.202 e. The van der Waals surface area contributed by atoms with Crippen molar-refractivity contribution in [2.75, 3.05) is 83.7 Å². The summed E-state index contributed by atoms with van der Waals surface area (Å²) in [5, 5.41) is 13.6. The molecule has 7 nitrogen and oxygen atoms in total. The van der Waals surface area contributed by atoms with E-state index in [1.165, 1.54) is 24.6 Å². The molecule has 8 N–H and O–H groups in total. The molecule has 0 saturated carbocycles. The van der Waals surface area contributed by atoms with Gasteiger partial charge in [0.25, 0.3) is 0 Å². The second kappa shape index (κ2) is 17.2. The largest absolute Gasteiger partial charge is 0.377 e. The Kier molecular flexibility index (Phi) is 17.4. The van der Waals surface area contributed by atoms with Gasteiger partial charge in [0.05, 0.1) is 0 Å². The maximum Gasteiger partial charge on any atom is 0.202 e. The highest BCUT2D eigenvalue weighted by molar-refractivity contribution is 8.29. The summed E-state index contributed by atoms with van der Waals surface area (Å²) in [7, 11) is -2.54. The van der Waals surface area contributed by atoms with Gasteiger partial charge in [-0.15, -0.1) is 0 Å². The first-order chi connectivity index (χ1) is 12.8. The Morgan fingerprint density at radius 1 is 0.704 bits per heavy atom. The van der Waals surface area contributed by atoms with Crippen LogP contribution in [0.25, 0.3) is 0 Å². The molecule has 0 bridgehead atoms. The topological polar surface area (TPSA) is 109 Å². The summed E-state index contributed by atoms with van der Waals surface area (Å²) < 4.78 is 6.66. The molecule has 0 aliphatic rings. The highest BCUT2D eigenvalue weighted by Crippen LogP contribution is 2.45. The lowest BCUT2D eigenvalue weighted by atomic mass is 10.4. The zero-order chi connectivity index (χ0) is 20.4. The average Bonchev–Trinajstić information content (AvgIpc) is 2.58. The highest BCUT2D eigenvalue weighted by Gasteiger charge is 2.28. The molecule has 0 saturated heterocycles. The van der Waals surface area contributed by atoms with Crippen molar-refractivity contribution >= 4 is 18.6 Å². The third-order valence-corrected chi connectivity index (χ3v) is 10.6. The first-order valence-electron chi connectivity index (χ1n) is 10.5. The lowest BCUT2D eigenvalue weighted by molar-refractivity contribution is 0.578. The van der Waals surface area contributed by atoms with Gasteiger partial charge >= 0.3 is 0 Å². The fourth-order valence-electron chi connectivity index (χ4n) is 2.94. The summed E-state index contributed by atoms with van der Waals surface area (Å²) in [4.78, 5) is 0. The Morgan fingerprint density at radius 3 is 1.63 bits per heavy atom. The van der Waals surface area contributed by atoms with Crippen LogP contribution in [0.3, 0.4) is 0 Å². The maximum absolute atomic E-state index is 6.66. The molecule has 0 aromatic rings. The SMILES string of the molecule is C[Si](C)(CCCNCCNCCN)OS(C)(C)CCCNCCNCCN. The van der Waals surface area contributed by atoms with E-state index in [1.807, 2.05) is 0 Å². The molecule has 0 aliphatic carbocycles. The Balaban J connectivity index is 3.73. The molecule has 0 fully saturated rings. The zero-order valence-corrected chi connectivity index (χ0v) is 20.2. The van der Waals surface area contributed by atoms with Crippen LogP contribution in [0.5, 0.6) is 0 Å². The normalized spacial score (nSPS) is 13.3. The van der Waals surface area contributed by atoms with Crippen LogP contribution in [0.2, 0.25) is 19.1 Å². The molecule has 0 atom stereocenters. The van der Waals surface area contributed by atoms with Crippen LogP contribution in [-0.2, 0) is 3.87 Å². The van der Waals surface area contributed by atoms with E-state index in [2.05, 4.69) is 46.9 Å². The quantitative estimate of drug-likeness (QED) is 0.123. The van der Waals surface area contributed by atoms with E-state index in [0.717, 1.165) is 52.4 Å². The van der Waals surface area contributed by atoms with E-state index in [4.69, 9.17) is 15.3 Å². The van der Waals surface area contributed by atoms with Crippen LogP contribution >= 0.6 is 10.3 Å². The van der Waals surface area contributed by atoms with E-state index < -0.39 is 18.6 Å². The molecule has 166 valence electrons. The van der Waals surface area contributed by atoms with Crippen molar-refractivity contribution in [2.45, 2.75) is 32.0 Å². The van der Waals surface area contributed by atoms with Gasteiger partial charge in [-0.25, -0.2) is 0 Å². The Bertz CT molecular complexity index is 307. The molecule has 0 spiro atoms. The number of rotatable bonds is 20. The predicted octanol–water partition coefficient (Wildman–Crippen LogP) is 0.243. The van der Waals surface area contributed by atoms with Gasteiger partial charge in [-0.05, 0) is 63.3 Å². The second-order valence-electron chi connectivity index (χ2n) is 8.02. The number of nitrogens with two attached hydrogens (primary N) is 2. The van der Waals surface area contributed by atoms with Crippen molar-refractivity contribution in [1.82, 2.24) is 21.3 Å². The molecular formula is C18H48N6OSSi. The molecule has 0 amide bonds. The molecule has 0 aromatic carbocycles. The van der Waals surface area contributed by atoms with E-state index in [-0.39, 0.29) is 0 Å². The summed E-state index contributed by atoms with van der Waals surface area (Å²) in [6.45, 7) is 14.1. The summed E-state index contributed by atoms with van der Waals surface area (Å²) >= 11 is 0. The lowest BCUT2D eigenvalue weighted by Gasteiger charge is -2.39. The van der Waals surface area contributed by atoms with Crippen LogP contribution in [0.4, 0.5) is 0 Å². The number of hydrogen-bond acceptors (Lipinski definition) is 7. The summed E-state index contributed by atoms with van der Waals surface area (Å²) in [6, 6.07) is 1.22. The molecular weight excluding hydrogens is 376 g/mol. The van der Waals surface area contributed by atoms with Crippen molar-refractivity contribution in [2.24, 2.45) is 11.5 Å². The van der Waals surface area contributed by atoms with Crippen molar-refractivity contribution in [1.29, 1.82) is 0 Å². The Morgan fingerprint density at radius 2 is 1.15 bits per heavy atom. The van der Waals surface area contributed by atoms with Crippen LogP contribution < -0.4 is 32.7 Å². The van der Waals surface area contributed by atoms with Gasteiger partial charge in [0.15, 0.2) is 0 Å². The predicted molar refractivity (Wildman–Crippen MR) is 127 cm³/mol. The summed E-state index contributed by atoms with van der Waals surface area (Å²) in [5.41, 5.74) is 10.9. The van der Waals surface area contributed by atoms with Gasteiger partial charge in [-0.3, -0.25) is 0 Å². The minimum Gasteiger partial charge on any atom is -0.377 e. The van der Waals surface area contributed by atoms with Crippen molar-refractivity contribution in [3.05, 3.63) is 0 Å². The molecule has 0 unspecified atom stereocenters. The summed E-state index contributed by atoms with van der Waals surface area (Å²) in [6.07, 6.45) is 7.03. The van der Waals surface area contributed by atoms with Gasteiger partial charge in [-0.1, -0.05) is 0 Å². The van der Waals surface area contributed by atoms with Crippen molar-refractivity contribution in [3.63, 3.8) is 0 Å². The first kappa shape index (κ1) is 27.3. The molecule has 0 rings (SSSR count). The zero-order valence-electron chi connectivity index (χ0n) is 18.4. The number of hydrogen-bond donors (Lipinski definition) is 6. The Hall–Kier alpha value is 0.287. The molecule has 0 radical (unpaired) electrons. The van der Waals surface area contributed by atoms with Gasteiger partial charge in [0, 0.05) is 52.4 Å². The van der Waals surface area contributed by atoms with Gasteiger partial charge in [0.1, 0.15) is 0 Å². The second-order valence-corrected chi connectivity index (χ2v) is 16.0. The minimum atomic E-state index is -1.59. The van der Waals surface area contributed by atoms with E-state index in [1.54, 1.807) is 0 Å². The molecule has 0 aromatic heterocycles. The third kappa shape index (κ3) is 19.4. The van der Waals surface area contributed by atoms with E-state index in [9.17, 15) is 0 Å². The van der Waals surface area contributed by atoms with Crippen LogP contribution in [0, 0.1) is 0 Å². The molecule has 0 heterocycles. The highest BCUT2D eigenvalue weighted by atomic mass is 32.3. The minimum absolute atomic E-state index is 0.705. The number of nitrogens with one attached hydrogen (secondary N) is 4. The maximum atomic E-state index is 6.66. The standard InChI is InChI=1S/C18H48N6OSSi/c1-26(2,17-5-9-21-13-15-23-11-7-19)25-27(3,4)18-6-10-22-14-16-24-12-8-20/h21-24H,5-20H2,1-4H3. The van der Waals surface area contributed by atoms with Gasteiger partial charge in [0.2, 0.25) is 8.32 Å². The van der Waals surface area contributed by atoms with E-state index >= 15 is 0 Å². The monoisotopic (exact) mass is 424 g/mol. The fraction of sp³-hybridized carbons (Fsp3) is 1.00. The lowest BCUT2D eigenvalue weighted by Crippen LogP contribution is -2.35. The van der Waals surface area contributed by atoms with Gasteiger partial charge in [-0.2, -0.15) is 10.3 Å². The van der Waals surface area contributed by atoms with Crippen LogP contribution in [0.15, 0.2) is 0 Å². The molecule has 0 aliphatic heterocycles. The van der Waals surface area contributed by atoms with Gasteiger partial charge < -0.3 is 36.6 Å². The summed E-state index contributed by atoms with van der Waals surface area (Å²) in [5.74, 6) is 1.18. The molecule has 27 heavy (non-hydrogen) atoms. The molecule has 9 heteroatoms. The van der Waals surface area contributed by atoms with Crippen LogP contribution in [0.1, 0.15) is 12.8 Å². The third-order valence-electron chi connectivity index (χ3n) is 4.17. The van der Waals surface area contributed by atoms with Crippen LogP contribution in [-0.4, -0.2) is 92.0 Å². The Labute approximate surface area is 171 Å². The van der Waals surface area contributed by atoms with Crippen molar-refractivity contribution in [3.8, 4) is 0 Å². The average molecular weight is 425 g/mol. The van der Waals surface area contributed by atoms with Crippen molar-refractivity contribution < 1.29 is 3.87 Å². The first-order valence-corrected chi connectivity index (χ1v) is 16.1.